The van der Waals surface area contributed by atoms with E-state index in [0.29, 0.717) is 6.42 Å². The van der Waals surface area contributed by atoms with Crippen LogP contribution in [0.5, 0.6) is 0 Å². The Morgan fingerprint density at radius 2 is 2.25 bits per heavy atom. The summed E-state index contributed by atoms with van der Waals surface area (Å²) in [5.41, 5.74) is 5.38. The molecule has 1 unspecified atom stereocenters. The summed E-state index contributed by atoms with van der Waals surface area (Å²) in [6, 6.07) is 0. The average molecular weight is 227 g/mol. The molecule has 4 heteroatoms. The molecule has 3 N–H and O–H groups in total. The summed E-state index contributed by atoms with van der Waals surface area (Å²) < 4.78 is 0. The van der Waals surface area contributed by atoms with Gasteiger partial charge in [0.05, 0.1) is 0 Å². The van der Waals surface area contributed by atoms with Gasteiger partial charge < -0.3 is 16.0 Å². The molecule has 94 valence electrons. The molecule has 1 saturated heterocycles. The molecule has 4 nitrogen and oxygen atoms in total. The van der Waals surface area contributed by atoms with Crippen LogP contribution in [0, 0.1) is 5.92 Å². The Morgan fingerprint density at radius 3 is 2.75 bits per heavy atom. The number of nitrogens with two attached hydrogens (primary N) is 1. The zero-order valence-corrected chi connectivity index (χ0v) is 10.8. The van der Waals surface area contributed by atoms with Crippen molar-refractivity contribution < 1.29 is 4.79 Å². The molecule has 0 aliphatic carbocycles. The van der Waals surface area contributed by atoms with Crippen molar-refractivity contribution in [1.82, 2.24) is 10.2 Å². The number of likely N-dealkylation sites (tertiary alicyclic amines) is 1. The molecule has 0 saturated carbocycles. The van der Waals surface area contributed by atoms with E-state index in [4.69, 9.17) is 5.73 Å². The molecule has 1 amide bonds. The lowest BCUT2D eigenvalue weighted by molar-refractivity contribution is -0.122. The highest BCUT2D eigenvalue weighted by atomic mass is 16.1. The molecule has 16 heavy (non-hydrogen) atoms. The largest absolute Gasteiger partial charge is 0.356 e. The number of carbonyl (C=O) groups excluding carboxylic acids is 1. The fraction of sp³-hybridized carbons (Fsp3) is 0.917. The zero-order valence-electron chi connectivity index (χ0n) is 10.8. The van der Waals surface area contributed by atoms with Gasteiger partial charge in [-0.15, -0.1) is 0 Å². The summed E-state index contributed by atoms with van der Waals surface area (Å²) in [6.07, 6.45) is 2.74. The van der Waals surface area contributed by atoms with Crippen molar-refractivity contribution in [3.8, 4) is 0 Å². The van der Waals surface area contributed by atoms with Gasteiger partial charge in [0, 0.05) is 25.0 Å². The maximum absolute atomic E-state index is 11.5. The molecule has 0 aromatic carbocycles. The second-order valence-electron chi connectivity index (χ2n) is 5.72. The van der Waals surface area contributed by atoms with Gasteiger partial charge in [0.1, 0.15) is 0 Å². The van der Waals surface area contributed by atoms with Crippen LogP contribution in [0.2, 0.25) is 0 Å². The molecule has 1 heterocycles. The van der Waals surface area contributed by atoms with Gasteiger partial charge in [-0.05, 0) is 46.2 Å². The van der Waals surface area contributed by atoms with Crippen LogP contribution in [0.1, 0.15) is 33.1 Å². The van der Waals surface area contributed by atoms with Gasteiger partial charge in [-0.25, -0.2) is 0 Å². The first-order valence-corrected chi connectivity index (χ1v) is 6.11. The summed E-state index contributed by atoms with van der Waals surface area (Å²) >= 11 is 0. The van der Waals surface area contributed by atoms with Crippen molar-refractivity contribution >= 4 is 5.91 Å². The summed E-state index contributed by atoms with van der Waals surface area (Å²) in [6.45, 7) is 6.89. The smallest absolute Gasteiger partial charge is 0.221 e. The van der Waals surface area contributed by atoms with Crippen molar-refractivity contribution in [2.45, 2.75) is 38.6 Å². The van der Waals surface area contributed by atoms with Crippen LogP contribution >= 0.6 is 0 Å². The van der Waals surface area contributed by atoms with E-state index in [1.165, 1.54) is 13.0 Å². The number of rotatable bonds is 5. The molecule has 1 rings (SSSR count). The number of nitrogens with one attached hydrogen (secondary N) is 1. The molecule has 0 radical (unpaired) electrons. The Morgan fingerprint density at radius 1 is 1.56 bits per heavy atom. The molecular weight excluding hydrogens is 202 g/mol. The van der Waals surface area contributed by atoms with E-state index in [1.807, 2.05) is 13.8 Å². The fourth-order valence-electron chi connectivity index (χ4n) is 2.15. The minimum absolute atomic E-state index is 0.0684. The van der Waals surface area contributed by atoms with Gasteiger partial charge in [0.25, 0.3) is 0 Å². The Hall–Kier alpha value is -0.610. The first-order valence-electron chi connectivity index (χ1n) is 6.11. The van der Waals surface area contributed by atoms with Gasteiger partial charge in [-0.1, -0.05) is 0 Å². The van der Waals surface area contributed by atoms with Gasteiger partial charge in [0.15, 0.2) is 0 Å². The van der Waals surface area contributed by atoms with E-state index in [2.05, 4.69) is 17.3 Å². The Kier molecular flexibility index (Phi) is 4.74. The first-order chi connectivity index (χ1) is 7.37. The monoisotopic (exact) mass is 227 g/mol. The number of amides is 1. The minimum Gasteiger partial charge on any atom is -0.356 e. The molecule has 0 bridgehead atoms. The number of hydrogen-bond donors (Lipinski definition) is 2. The summed E-state index contributed by atoms with van der Waals surface area (Å²) in [5.74, 6) is 0.815. The summed E-state index contributed by atoms with van der Waals surface area (Å²) in [4.78, 5) is 13.8. The van der Waals surface area contributed by atoms with Gasteiger partial charge >= 0.3 is 0 Å². The second-order valence-corrected chi connectivity index (χ2v) is 5.72. The fourth-order valence-corrected chi connectivity index (χ4v) is 2.15. The molecular formula is C12H25N3O. The minimum atomic E-state index is -0.405. The van der Waals surface area contributed by atoms with Crippen LogP contribution < -0.4 is 11.1 Å². The molecule has 1 atom stereocenters. The lowest BCUT2D eigenvalue weighted by atomic mass is 10.0. The lowest BCUT2D eigenvalue weighted by Crippen LogP contribution is -2.39. The third-order valence-electron chi connectivity index (χ3n) is 2.98. The predicted molar refractivity (Wildman–Crippen MR) is 66.1 cm³/mol. The highest BCUT2D eigenvalue weighted by molar-refractivity contribution is 5.76. The summed E-state index contributed by atoms with van der Waals surface area (Å²) in [7, 11) is 2.15. The highest BCUT2D eigenvalue weighted by Crippen LogP contribution is 2.17. The van der Waals surface area contributed by atoms with Gasteiger partial charge in [-0.3, -0.25) is 4.79 Å². The highest BCUT2D eigenvalue weighted by Gasteiger charge is 2.20. The molecule has 0 spiro atoms. The maximum Gasteiger partial charge on any atom is 0.221 e. The Balaban J connectivity index is 2.09. The quantitative estimate of drug-likeness (QED) is 0.722. The predicted octanol–water partition coefficient (Wildman–Crippen LogP) is 0.572. The van der Waals surface area contributed by atoms with Crippen LogP contribution in [0.25, 0.3) is 0 Å². The number of nitrogens with zero attached hydrogens (tertiary/aromatic N) is 1. The average Bonchev–Trinajstić information content (AvgIpc) is 2.48. The lowest BCUT2D eigenvalue weighted by Gasteiger charge is -2.18. The van der Waals surface area contributed by atoms with E-state index >= 15 is 0 Å². The molecule has 1 fully saturated rings. The third kappa shape index (κ3) is 5.47. The van der Waals surface area contributed by atoms with Crippen LogP contribution in [0.3, 0.4) is 0 Å². The molecule has 1 aliphatic rings. The number of carbonyl (C=O) groups is 1. The van der Waals surface area contributed by atoms with E-state index in [9.17, 15) is 4.79 Å². The van der Waals surface area contributed by atoms with Crippen LogP contribution in [0.15, 0.2) is 0 Å². The van der Waals surface area contributed by atoms with Crippen molar-refractivity contribution in [1.29, 1.82) is 0 Å². The molecule has 1 aliphatic heterocycles. The summed E-state index contributed by atoms with van der Waals surface area (Å²) in [5, 5.41) is 2.94. The Labute approximate surface area is 98.6 Å². The van der Waals surface area contributed by atoms with Crippen molar-refractivity contribution in [2.75, 3.05) is 26.7 Å². The van der Waals surface area contributed by atoms with Crippen LogP contribution in [0.4, 0.5) is 0 Å². The van der Waals surface area contributed by atoms with Crippen molar-refractivity contribution in [3.05, 3.63) is 0 Å². The Bertz CT molecular complexity index is 235. The SMILES string of the molecule is CN1CCC(CCNC(=O)CC(C)(C)N)C1. The van der Waals surface area contributed by atoms with Crippen LogP contribution in [-0.2, 0) is 4.79 Å². The topological polar surface area (TPSA) is 58.4 Å². The van der Waals surface area contributed by atoms with E-state index in [0.717, 1.165) is 25.4 Å². The third-order valence-corrected chi connectivity index (χ3v) is 2.98. The van der Waals surface area contributed by atoms with Crippen molar-refractivity contribution in [3.63, 3.8) is 0 Å². The van der Waals surface area contributed by atoms with E-state index < -0.39 is 5.54 Å². The first kappa shape index (κ1) is 13.5. The second kappa shape index (κ2) is 5.64. The van der Waals surface area contributed by atoms with Gasteiger partial charge in [0.2, 0.25) is 5.91 Å². The van der Waals surface area contributed by atoms with Crippen LogP contribution in [-0.4, -0.2) is 43.0 Å². The molecule has 0 aromatic heterocycles. The maximum atomic E-state index is 11.5. The standard InChI is InChI=1S/C12H25N3O/c1-12(2,13)8-11(16)14-6-4-10-5-7-15(3)9-10/h10H,4-9,13H2,1-3H3,(H,14,16). The van der Waals surface area contributed by atoms with Crippen molar-refractivity contribution in [2.24, 2.45) is 11.7 Å². The van der Waals surface area contributed by atoms with E-state index in [1.54, 1.807) is 0 Å². The zero-order chi connectivity index (χ0) is 12.2. The molecule has 0 aromatic rings. The van der Waals surface area contributed by atoms with Gasteiger partial charge in [-0.2, -0.15) is 0 Å². The normalized spacial score (nSPS) is 22.4. The van der Waals surface area contributed by atoms with E-state index in [-0.39, 0.29) is 5.91 Å². The number of hydrogen-bond acceptors (Lipinski definition) is 3.